The highest BCUT2D eigenvalue weighted by Crippen LogP contribution is 2.43. The lowest BCUT2D eigenvalue weighted by Crippen LogP contribution is -2.34. The second-order valence-electron chi connectivity index (χ2n) is 8.68. The number of carbonyl (C=O) groups excluding carboxylic acids is 3. The fourth-order valence-corrected chi connectivity index (χ4v) is 5.49. The topological polar surface area (TPSA) is 97.8 Å². The van der Waals surface area contributed by atoms with Gasteiger partial charge in [0.15, 0.2) is 0 Å². The van der Waals surface area contributed by atoms with E-state index in [2.05, 4.69) is 15.0 Å². The molecule has 0 saturated heterocycles. The predicted octanol–water partition coefficient (Wildman–Crippen LogP) is 4.57. The van der Waals surface area contributed by atoms with Crippen molar-refractivity contribution < 1.29 is 23.9 Å². The summed E-state index contributed by atoms with van der Waals surface area (Å²) in [5.41, 5.74) is 3.11. The molecule has 1 aromatic carbocycles. The molecule has 0 saturated carbocycles. The van der Waals surface area contributed by atoms with E-state index in [0.717, 1.165) is 48.3 Å². The highest BCUT2D eigenvalue weighted by atomic mass is 32.2. The predicted molar refractivity (Wildman–Crippen MR) is 136 cm³/mol. The third kappa shape index (κ3) is 5.67. The molecule has 2 amide bonds. The van der Waals surface area contributed by atoms with Crippen LogP contribution in [0.1, 0.15) is 49.9 Å². The van der Waals surface area contributed by atoms with Crippen LogP contribution in [-0.2, 0) is 14.3 Å². The number of benzene rings is 1. The lowest BCUT2D eigenvalue weighted by molar-refractivity contribution is -0.115. The van der Waals surface area contributed by atoms with Crippen LogP contribution in [0.5, 0.6) is 5.75 Å². The number of methoxy groups -OCH3 is 1. The Morgan fingerprint density at radius 3 is 2.54 bits per heavy atom. The van der Waals surface area contributed by atoms with Crippen LogP contribution in [0.4, 0.5) is 11.5 Å². The summed E-state index contributed by atoms with van der Waals surface area (Å²) in [5, 5.41) is 2.53. The average molecular weight is 496 g/mol. The fraction of sp³-hybridized carbons (Fsp3) is 0.385. The van der Waals surface area contributed by atoms with E-state index in [1.165, 1.54) is 25.1 Å². The maximum Gasteiger partial charge on any atom is 0.339 e. The zero-order chi connectivity index (χ0) is 24.9. The van der Waals surface area contributed by atoms with Crippen LogP contribution in [0.25, 0.3) is 0 Å². The summed E-state index contributed by atoms with van der Waals surface area (Å²) in [7, 11) is 1.30. The second-order valence-corrected chi connectivity index (χ2v) is 9.75. The van der Waals surface area contributed by atoms with Crippen LogP contribution in [0.15, 0.2) is 53.7 Å². The molecule has 1 N–H and O–H groups in total. The zero-order valence-corrected chi connectivity index (χ0v) is 20.9. The number of amides is 2. The van der Waals surface area contributed by atoms with E-state index in [4.69, 9.17) is 4.74 Å². The minimum Gasteiger partial charge on any atom is -0.491 e. The third-order valence-corrected chi connectivity index (χ3v) is 7.07. The molecule has 0 fully saturated rings. The number of rotatable bonds is 8. The lowest BCUT2D eigenvalue weighted by Gasteiger charge is -2.27. The number of aromatic nitrogens is 1. The SMILES string of the molecule is COC(=O)c1ccc(NC(=O)CSC2C3=C(CCCC3)C(=O)N2c2ccc(OC(C)C)cc2)nc1. The number of anilines is 2. The van der Waals surface area contributed by atoms with Crippen molar-refractivity contribution in [3.63, 3.8) is 0 Å². The summed E-state index contributed by atoms with van der Waals surface area (Å²) in [6.45, 7) is 3.94. The summed E-state index contributed by atoms with van der Waals surface area (Å²) in [6, 6.07) is 10.6. The highest BCUT2D eigenvalue weighted by Gasteiger charge is 2.41. The van der Waals surface area contributed by atoms with E-state index in [1.807, 2.05) is 38.1 Å². The van der Waals surface area contributed by atoms with Crippen molar-refractivity contribution in [1.82, 2.24) is 4.98 Å². The fourth-order valence-electron chi connectivity index (χ4n) is 4.28. The first kappa shape index (κ1) is 24.8. The molecular formula is C26H29N3O5S. The normalized spacial score (nSPS) is 17.4. The number of hydrogen-bond donors (Lipinski definition) is 1. The van der Waals surface area contributed by atoms with Gasteiger partial charge in [0.2, 0.25) is 5.91 Å². The Hall–Kier alpha value is -3.33. The zero-order valence-electron chi connectivity index (χ0n) is 20.1. The third-order valence-electron chi connectivity index (χ3n) is 5.83. The van der Waals surface area contributed by atoms with Crippen LogP contribution in [0.3, 0.4) is 0 Å². The molecule has 2 aromatic rings. The van der Waals surface area contributed by atoms with Crippen molar-refractivity contribution >= 4 is 41.1 Å². The smallest absolute Gasteiger partial charge is 0.339 e. The van der Waals surface area contributed by atoms with Gasteiger partial charge in [-0.3, -0.25) is 14.5 Å². The van der Waals surface area contributed by atoms with E-state index >= 15 is 0 Å². The Balaban J connectivity index is 1.46. The molecule has 2 heterocycles. The summed E-state index contributed by atoms with van der Waals surface area (Å²) >= 11 is 1.43. The number of esters is 1. The number of hydrogen-bond acceptors (Lipinski definition) is 7. The Bertz CT molecular complexity index is 1130. The van der Waals surface area contributed by atoms with Crippen molar-refractivity contribution in [3.05, 3.63) is 59.3 Å². The molecule has 1 unspecified atom stereocenters. The number of thioether (sulfide) groups is 1. The van der Waals surface area contributed by atoms with Gasteiger partial charge in [-0.1, -0.05) is 0 Å². The second kappa shape index (κ2) is 10.9. The van der Waals surface area contributed by atoms with Crippen LogP contribution < -0.4 is 15.0 Å². The highest BCUT2D eigenvalue weighted by molar-refractivity contribution is 8.00. The van der Waals surface area contributed by atoms with E-state index in [1.54, 1.807) is 17.0 Å². The average Bonchev–Trinajstić information content (AvgIpc) is 3.14. The van der Waals surface area contributed by atoms with Crippen molar-refractivity contribution in [2.24, 2.45) is 0 Å². The number of nitrogens with zero attached hydrogens (tertiary/aromatic N) is 2. The molecule has 4 rings (SSSR count). The lowest BCUT2D eigenvalue weighted by atomic mass is 9.94. The van der Waals surface area contributed by atoms with Crippen molar-refractivity contribution in [3.8, 4) is 5.75 Å². The molecular weight excluding hydrogens is 466 g/mol. The molecule has 2 aliphatic rings. The number of pyridine rings is 1. The molecule has 184 valence electrons. The van der Waals surface area contributed by atoms with E-state index in [-0.39, 0.29) is 29.0 Å². The van der Waals surface area contributed by atoms with Crippen molar-refractivity contribution in [2.75, 3.05) is 23.1 Å². The summed E-state index contributed by atoms with van der Waals surface area (Å²) < 4.78 is 10.4. The Morgan fingerprint density at radius 1 is 1.14 bits per heavy atom. The van der Waals surface area contributed by atoms with E-state index in [9.17, 15) is 14.4 Å². The van der Waals surface area contributed by atoms with Gasteiger partial charge in [0.1, 0.15) is 16.9 Å². The van der Waals surface area contributed by atoms with Gasteiger partial charge in [0.25, 0.3) is 5.91 Å². The summed E-state index contributed by atoms with van der Waals surface area (Å²) in [6.07, 6.45) is 5.11. The van der Waals surface area contributed by atoms with Crippen LogP contribution in [-0.4, -0.2) is 47.1 Å². The minimum atomic E-state index is -0.489. The van der Waals surface area contributed by atoms with E-state index < -0.39 is 5.97 Å². The van der Waals surface area contributed by atoms with Crippen LogP contribution in [0.2, 0.25) is 0 Å². The van der Waals surface area contributed by atoms with Crippen molar-refractivity contribution in [2.45, 2.75) is 51.0 Å². The van der Waals surface area contributed by atoms with Gasteiger partial charge in [-0.2, -0.15) is 0 Å². The number of carbonyl (C=O) groups is 3. The maximum absolute atomic E-state index is 13.3. The monoisotopic (exact) mass is 495 g/mol. The number of nitrogens with one attached hydrogen (secondary N) is 1. The molecule has 1 aliphatic carbocycles. The van der Waals surface area contributed by atoms with Gasteiger partial charge in [0, 0.05) is 17.5 Å². The molecule has 1 aromatic heterocycles. The largest absolute Gasteiger partial charge is 0.491 e. The van der Waals surface area contributed by atoms with Crippen molar-refractivity contribution in [1.29, 1.82) is 0 Å². The quantitative estimate of drug-likeness (QED) is 0.536. The molecule has 0 radical (unpaired) electrons. The van der Waals surface area contributed by atoms with Gasteiger partial charge >= 0.3 is 5.97 Å². The molecule has 9 heteroatoms. The van der Waals surface area contributed by atoms with Gasteiger partial charge in [-0.05, 0) is 81.5 Å². The first-order valence-electron chi connectivity index (χ1n) is 11.7. The van der Waals surface area contributed by atoms with Gasteiger partial charge in [-0.15, -0.1) is 11.8 Å². The Labute approximate surface area is 209 Å². The molecule has 1 atom stereocenters. The standard InChI is InChI=1S/C26H29N3O5S/c1-16(2)34-19-11-9-18(10-12-19)29-24(31)20-6-4-5-7-21(20)25(29)35-15-23(30)28-22-13-8-17(14-27-22)26(32)33-3/h8-14,16,25H,4-7,15H2,1-3H3,(H,27,28,30). The molecule has 0 spiro atoms. The van der Waals surface area contributed by atoms with Gasteiger partial charge < -0.3 is 14.8 Å². The molecule has 8 nitrogen and oxygen atoms in total. The Kier molecular flexibility index (Phi) is 7.75. The molecule has 35 heavy (non-hydrogen) atoms. The first-order valence-corrected chi connectivity index (χ1v) is 12.7. The number of ether oxygens (including phenoxy) is 2. The summed E-state index contributed by atoms with van der Waals surface area (Å²) in [4.78, 5) is 43.5. The van der Waals surface area contributed by atoms with E-state index in [0.29, 0.717) is 11.4 Å². The minimum absolute atomic E-state index is 0.0233. The Morgan fingerprint density at radius 2 is 1.89 bits per heavy atom. The van der Waals surface area contributed by atoms with Gasteiger partial charge in [0.05, 0.1) is 24.5 Å². The molecule has 0 bridgehead atoms. The van der Waals surface area contributed by atoms with Gasteiger partial charge in [-0.25, -0.2) is 9.78 Å². The molecule has 1 aliphatic heterocycles. The van der Waals surface area contributed by atoms with Crippen LogP contribution in [0, 0.1) is 0 Å². The summed E-state index contributed by atoms with van der Waals surface area (Å²) in [5.74, 6) is 0.558. The van der Waals surface area contributed by atoms with Crippen LogP contribution >= 0.6 is 11.8 Å². The maximum atomic E-state index is 13.3. The first-order chi connectivity index (χ1) is 16.9.